The van der Waals surface area contributed by atoms with Gasteiger partial charge in [0.05, 0.1) is 22.7 Å². The molecule has 0 atom stereocenters. The fourth-order valence-corrected chi connectivity index (χ4v) is 1.42. The molecule has 1 aliphatic rings. The van der Waals surface area contributed by atoms with Crippen LogP contribution in [0.5, 0.6) is 0 Å². The van der Waals surface area contributed by atoms with Crippen molar-refractivity contribution in [3.63, 3.8) is 0 Å². The van der Waals surface area contributed by atoms with Gasteiger partial charge in [0, 0.05) is 12.8 Å². The first-order chi connectivity index (χ1) is 9.16. The zero-order valence-electron chi connectivity index (χ0n) is 12.8. The summed E-state index contributed by atoms with van der Waals surface area (Å²) in [6, 6.07) is 2.31. The quantitative estimate of drug-likeness (QED) is 0.460. The van der Waals surface area contributed by atoms with E-state index in [-0.39, 0.29) is 12.9 Å². The molecule has 0 unspecified atom stereocenters. The minimum atomic E-state index is -0.966. The molecule has 1 fully saturated rings. The number of nitrogens with one attached hydrogen (secondary N) is 2. The average molecular weight is 277 g/mol. The molecular formula is C14H24BN3O2. The first-order valence-electron chi connectivity index (χ1n) is 6.86. The highest BCUT2D eigenvalue weighted by Gasteiger charge is 2.42. The molecular weight excluding hydrogens is 253 g/mol. The number of allylic oxidation sites excluding steroid dienone is 1. The summed E-state index contributed by atoms with van der Waals surface area (Å²) in [6.07, 6.45) is 4.81. The maximum absolute atomic E-state index is 10.0. The SMILES string of the molecule is CC(C)(O)C(C)(C)OB/C(C=N)=C/NCC1(C#N)CC1. The van der Waals surface area contributed by atoms with Crippen molar-refractivity contribution in [2.45, 2.75) is 51.7 Å². The molecule has 0 radical (unpaired) electrons. The van der Waals surface area contributed by atoms with E-state index in [1.807, 2.05) is 13.8 Å². The molecule has 6 heteroatoms. The van der Waals surface area contributed by atoms with Gasteiger partial charge in [-0.2, -0.15) is 5.26 Å². The third-order valence-corrected chi connectivity index (χ3v) is 4.08. The normalized spacial score (nSPS) is 18.1. The fraction of sp³-hybridized carbons (Fsp3) is 0.714. The molecule has 0 aliphatic heterocycles. The third-order valence-electron chi connectivity index (χ3n) is 4.08. The van der Waals surface area contributed by atoms with Crippen molar-refractivity contribution in [2.75, 3.05) is 6.54 Å². The summed E-state index contributed by atoms with van der Waals surface area (Å²) in [6.45, 7) is 7.63. The molecule has 0 amide bonds. The van der Waals surface area contributed by atoms with Crippen LogP contribution in [-0.2, 0) is 4.65 Å². The lowest BCUT2D eigenvalue weighted by atomic mass is 9.83. The van der Waals surface area contributed by atoms with Crippen molar-refractivity contribution in [3.8, 4) is 6.07 Å². The van der Waals surface area contributed by atoms with E-state index in [4.69, 9.17) is 15.3 Å². The number of hydrogen-bond acceptors (Lipinski definition) is 5. The van der Waals surface area contributed by atoms with E-state index in [2.05, 4.69) is 11.4 Å². The Morgan fingerprint density at radius 3 is 2.50 bits per heavy atom. The number of hydrogen-bond donors (Lipinski definition) is 3. The van der Waals surface area contributed by atoms with Gasteiger partial charge >= 0.3 is 7.48 Å². The van der Waals surface area contributed by atoms with E-state index in [0.717, 1.165) is 12.8 Å². The molecule has 0 bridgehead atoms. The van der Waals surface area contributed by atoms with Gasteiger partial charge in [0.2, 0.25) is 0 Å². The molecule has 1 aliphatic carbocycles. The van der Waals surface area contributed by atoms with Crippen LogP contribution in [0.15, 0.2) is 11.7 Å². The molecule has 0 heterocycles. The lowest BCUT2D eigenvalue weighted by Gasteiger charge is -2.37. The predicted octanol–water partition coefficient (Wildman–Crippen LogP) is 1.29. The van der Waals surface area contributed by atoms with Crippen LogP contribution in [0.4, 0.5) is 0 Å². The van der Waals surface area contributed by atoms with Gasteiger partial charge in [0.15, 0.2) is 0 Å². The van der Waals surface area contributed by atoms with Crippen molar-refractivity contribution in [2.24, 2.45) is 5.41 Å². The van der Waals surface area contributed by atoms with E-state index >= 15 is 0 Å². The summed E-state index contributed by atoms with van der Waals surface area (Å²) >= 11 is 0. The van der Waals surface area contributed by atoms with Crippen molar-refractivity contribution < 1.29 is 9.76 Å². The summed E-state index contributed by atoms with van der Waals surface area (Å²) in [5.41, 5.74) is -1.21. The van der Waals surface area contributed by atoms with Gasteiger partial charge < -0.3 is 20.5 Å². The largest absolute Gasteiger partial charge is 0.427 e. The maximum Gasteiger partial charge on any atom is 0.312 e. The summed E-state index contributed by atoms with van der Waals surface area (Å²) in [4.78, 5) is 0. The van der Waals surface area contributed by atoms with Crippen LogP contribution in [0.2, 0.25) is 0 Å². The molecule has 1 rings (SSSR count). The zero-order chi connectivity index (χ0) is 15.4. The van der Waals surface area contributed by atoms with Gasteiger partial charge in [-0.05, 0) is 52.2 Å². The Hall–Kier alpha value is -1.32. The number of aliphatic hydroxyl groups is 1. The summed E-state index contributed by atoms with van der Waals surface area (Å²) in [7, 11) is 0.243. The molecule has 0 spiro atoms. The third kappa shape index (κ3) is 4.36. The second-order valence-electron chi connectivity index (χ2n) is 6.49. The minimum Gasteiger partial charge on any atom is -0.427 e. The lowest BCUT2D eigenvalue weighted by molar-refractivity contribution is -0.0895. The molecule has 1 saturated carbocycles. The van der Waals surface area contributed by atoms with Crippen molar-refractivity contribution in [1.82, 2.24) is 5.32 Å². The Balaban J connectivity index is 2.47. The maximum atomic E-state index is 10.0. The Labute approximate surface area is 121 Å². The highest BCUT2D eigenvalue weighted by atomic mass is 16.5. The van der Waals surface area contributed by atoms with Crippen molar-refractivity contribution >= 4 is 13.7 Å². The van der Waals surface area contributed by atoms with Gasteiger partial charge in [0.25, 0.3) is 0 Å². The average Bonchev–Trinajstić information content (AvgIpc) is 3.12. The Morgan fingerprint density at radius 2 is 2.10 bits per heavy atom. The minimum absolute atomic E-state index is 0.211. The molecule has 110 valence electrons. The monoisotopic (exact) mass is 277 g/mol. The van der Waals surface area contributed by atoms with E-state index in [1.54, 1.807) is 20.0 Å². The van der Waals surface area contributed by atoms with Crippen molar-refractivity contribution in [1.29, 1.82) is 10.7 Å². The van der Waals surface area contributed by atoms with Gasteiger partial charge in [-0.25, -0.2) is 0 Å². The Bertz CT molecular complexity index is 429. The van der Waals surface area contributed by atoms with Crippen LogP contribution in [-0.4, -0.2) is 36.6 Å². The fourth-order valence-electron chi connectivity index (χ4n) is 1.42. The van der Waals surface area contributed by atoms with E-state index in [9.17, 15) is 5.11 Å². The second-order valence-corrected chi connectivity index (χ2v) is 6.49. The van der Waals surface area contributed by atoms with Gasteiger partial charge in [-0.15, -0.1) is 0 Å². The Kier molecular flexibility index (Phi) is 5.01. The van der Waals surface area contributed by atoms with Crippen LogP contribution in [0.1, 0.15) is 40.5 Å². The second kappa shape index (κ2) is 5.98. The number of nitrogens with zero attached hydrogens (tertiary/aromatic N) is 1. The number of nitriles is 1. The molecule has 0 aromatic carbocycles. The van der Waals surface area contributed by atoms with Crippen LogP contribution in [0.3, 0.4) is 0 Å². The van der Waals surface area contributed by atoms with Crippen LogP contribution in [0, 0.1) is 22.2 Å². The molecule has 0 aromatic heterocycles. The zero-order valence-corrected chi connectivity index (χ0v) is 12.8. The van der Waals surface area contributed by atoms with Crippen LogP contribution >= 0.6 is 0 Å². The topological polar surface area (TPSA) is 89.1 Å². The molecule has 0 saturated heterocycles. The lowest BCUT2D eigenvalue weighted by Crippen LogP contribution is -2.48. The van der Waals surface area contributed by atoms with E-state index < -0.39 is 11.2 Å². The van der Waals surface area contributed by atoms with E-state index in [1.165, 1.54) is 6.21 Å². The molecule has 5 nitrogen and oxygen atoms in total. The van der Waals surface area contributed by atoms with Gasteiger partial charge in [-0.1, -0.05) is 0 Å². The summed E-state index contributed by atoms with van der Waals surface area (Å²) in [5, 5.41) is 29.4. The number of rotatable bonds is 8. The van der Waals surface area contributed by atoms with Crippen molar-refractivity contribution in [3.05, 3.63) is 11.7 Å². The first-order valence-corrected chi connectivity index (χ1v) is 6.86. The molecule has 0 aromatic rings. The molecule has 20 heavy (non-hydrogen) atoms. The highest BCUT2D eigenvalue weighted by Crippen LogP contribution is 2.44. The van der Waals surface area contributed by atoms with Gasteiger partial charge in [-0.3, -0.25) is 0 Å². The predicted molar refractivity (Wildman–Crippen MR) is 80.8 cm³/mol. The standard InChI is InChI=1S/C14H24BN3O2/c1-12(2,19)13(3,4)20-15-11(7-16)8-18-10-14(9-17)5-6-14/h7-8,15-16,18-19H,5-6,10H2,1-4H3/b11-8+,16-7?. The first kappa shape index (κ1) is 16.7. The molecule has 3 N–H and O–H groups in total. The van der Waals surface area contributed by atoms with E-state index in [0.29, 0.717) is 12.0 Å². The highest BCUT2D eigenvalue weighted by molar-refractivity contribution is 6.45. The van der Waals surface area contributed by atoms with Crippen LogP contribution < -0.4 is 5.32 Å². The summed E-state index contributed by atoms with van der Waals surface area (Å²) < 4.78 is 5.70. The smallest absolute Gasteiger partial charge is 0.312 e. The van der Waals surface area contributed by atoms with Crippen LogP contribution in [0.25, 0.3) is 0 Å². The van der Waals surface area contributed by atoms with Gasteiger partial charge in [0.1, 0.15) is 0 Å². The Morgan fingerprint density at radius 1 is 1.50 bits per heavy atom. The summed E-state index contributed by atoms with van der Waals surface area (Å²) in [5.74, 6) is 0.